The summed E-state index contributed by atoms with van der Waals surface area (Å²) in [6.45, 7) is 2.74. The maximum Gasteiger partial charge on any atom is 0.165 e. The first-order chi connectivity index (χ1) is 8.25. The predicted octanol–water partition coefficient (Wildman–Crippen LogP) is 3.18. The Morgan fingerprint density at radius 2 is 2.12 bits per heavy atom. The number of aromatic nitrogens is 1. The lowest BCUT2D eigenvalue weighted by atomic mass is 10.1. The molecular formula is C14H15FN2. The number of pyridine rings is 1. The molecule has 88 valence electrons. The number of hydrogen-bond acceptors (Lipinski definition) is 2. The molecule has 0 bridgehead atoms. The van der Waals surface area contributed by atoms with Crippen molar-refractivity contribution < 1.29 is 4.39 Å². The van der Waals surface area contributed by atoms with E-state index in [1.54, 1.807) is 12.3 Å². The molecule has 0 amide bonds. The summed E-state index contributed by atoms with van der Waals surface area (Å²) in [4.78, 5) is 3.94. The second kappa shape index (κ2) is 5.43. The van der Waals surface area contributed by atoms with E-state index in [1.807, 2.05) is 6.07 Å². The number of halogens is 1. The topological polar surface area (TPSA) is 24.9 Å². The molecule has 1 N–H and O–H groups in total. The van der Waals surface area contributed by atoms with E-state index in [1.165, 1.54) is 17.2 Å². The summed E-state index contributed by atoms with van der Waals surface area (Å²) >= 11 is 0. The molecule has 1 heterocycles. The summed E-state index contributed by atoms with van der Waals surface area (Å²) in [5.41, 5.74) is 2.49. The van der Waals surface area contributed by atoms with Gasteiger partial charge in [0.1, 0.15) is 0 Å². The molecule has 0 aliphatic carbocycles. The van der Waals surface area contributed by atoms with Crippen molar-refractivity contribution in [1.82, 2.24) is 4.98 Å². The third-order valence-electron chi connectivity index (χ3n) is 2.55. The first-order valence-corrected chi connectivity index (χ1v) is 5.65. The van der Waals surface area contributed by atoms with Crippen molar-refractivity contribution >= 4 is 5.82 Å². The molecule has 0 unspecified atom stereocenters. The molecule has 17 heavy (non-hydrogen) atoms. The van der Waals surface area contributed by atoms with Gasteiger partial charge in [0.2, 0.25) is 0 Å². The zero-order valence-electron chi connectivity index (χ0n) is 9.78. The molecule has 0 radical (unpaired) electrons. The Hall–Kier alpha value is -1.90. The van der Waals surface area contributed by atoms with Gasteiger partial charge in [-0.2, -0.15) is 0 Å². The van der Waals surface area contributed by atoms with Crippen molar-refractivity contribution in [3.05, 3.63) is 59.5 Å². The van der Waals surface area contributed by atoms with Crippen LogP contribution in [-0.2, 0) is 6.42 Å². The van der Waals surface area contributed by atoms with Gasteiger partial charge in [0.25, 0.3) is 0 Å². The zero-order valence-corrected chi connectivity index (χ0v) is 9.78. The van der Waals surface area contributed by atoms with Gasteiger partial charge in [0.15, 0.2) is 11.6 Å². The van der Waals surface area contributed by atoms with Crippen molar-refractivity contribution in [3.8, 4) is 0 Å². The van der Waals surface area contributed by atoms with Gasteiger partial charge in [0.05, 0.1) is 0 Å². The normalized spacial score (nSPS) is 10.2. The molecule has 3 heteroatoms. The number of rotatable bonds is 4. The molecule has 2 rings (SSSR count). The minimum Gasteiger partial charge on any atom is -0.367 e. The minimum absolute atomic E-state index is 0.309. The second-order valence-corrected chi connectivity index (χ2v) is 4.00. The fourth-order valence-corrected chi connectivity index (χ4v) is 1.71. The van der Waals surface area contributed by atoms with E-state index in [4.69, 9.17) is 0 Å². The molecule has 2 nitrogen and oxygen atoms in total. The number of benzene rings is 1. The number of nitrogens with zero attached hydrogens (tertiary/aromatic N) is 1. The number of nitrogens with one attached hydrogen (secondary N) is 1. The summed E-state index contributed by atoms with van der Waals surface area (Å²) < 4.78 is 13.3. The maximum absolute atomic E-state index is 13.3. The highest BCUT2D eigenvalue weighted by Crippen LogP contribution is 2.09. The summed E-state index contributed by atoms with van der Waals surface area (Å²) in [5, 5.41) is 2.99. The average molecular weight is 230 g/mol. The predicted molar refractivity (Wildman–Crippen MR) is 67.6 cm³/mol. The third-order valence-corrected chi connectivity index (χ3v) is 2.55. The lowest BCUT2D eigenvalue weighted by Crippen LogP contribution is -2.07. The van der Waals surface area contributed by atoms with Gasteiger partial charge in [-0.15, -0.1) is 0 Å². The highest BCUT2D eigenvalue weighted by Gasteiger charge is 2.00. The number of anilines is 1. The Morgan fingerprint density at radius 1 is 1.24 bits per heavy atom. The molecule has 0 fully saturated rings. The first-order valence-electron chi connectivity index (χ1n) is 5.65. The van der Waals surface area contributed by atoms with Gasteiger partial charge >= 0.3 is 0 Å². The number of aryl methyl sites for hydroxylation is 1. The van der Waals surface area contributed by atoms with Crippen LogP contribution in [0.2, 0.25) is 0 Å². The lowest BCUT2D eigenvalue weighted by Gasteiger charge is -2.06. The van der Waals surface area contributed by atoms with E-state index in [-0.39, 0.29) is 5.82 Å². The molecule has 1 aromatic heterocycles. The quantitative estimate of drug-likeness (QED) is 0.872. The largest absolute Gasteiger partial charge is 0.367 e. The molecule has 1 aromatic carbocycles. The molecule has 0 aliphatic heterocycles. The van der Waals surface area contributed by atoms with Gasteiger partial charge in [-0.25, -0.2) is 9.37 Å². The van der Waals surface area contributed by atoms with E-state index >= 15 is 0 Å². The first kappa shape index (κ1) is 11.6. The highest BCUT2D eigenvalue weighted by atomic mass is 19.1. The molecule has 0 atom stereocenters. The van der Waals surface area contributed by atoms with Crippen LogP contribution in [0.4, 0.5) is 10.2 Å². The Bertz CT molecular complexity index is 497. The van der Waals surface area contributed by atoms with Crippen LogP contribution in [0.1, 0.15) is 11.1 Å². The van der Waals surface area contributed by atoms with E-state index in [2.05, 4.69) is 35.4 Å². The minimum atomic E-state index is -0.309. The summed E-state index contributed by atoms with van der Waals surface area (Å²) in [6, 6.07) is 11.3. The van der Waals surface area contributed by atoms with Gasteiger partial charge in [-0.1, -0.05) is 29.8 Å². The Morgan fingerprint density at radius 3 is 2.88 bits per heavy atom. The monoisotopic (exact) mass is 230 g/mol. The van der Waals surface area contributed by atoms with Gasteiger partial charge in [-0.3, -0.25) is 0 Å². The van der Waals surface area contributed by atoms with Crippen LogP contribution < -0.4 is 5.32 Å². The molecule has 0 spiro atoms. The van der Waals surface area contributed by atoms with Crippen LogP contribution in [-0.4, -0.2) is 11.5 Å². The van der Waals surface area contributed by atoms with Gasteiger partial charge in [0, 0.05) is 12.7 Å². The SMILES string of the molecule is Cc1cccc(CCNc2ncccc2F)c1. The van der Waals surface area contributed by atoms with Crippen LogP contribution >= 0.6 is 0 Å². The Balaban J connectivity index is 1.90. The smallest absolute Gasteiger partial charge is 0.165 e. The molecule has 0 saturated carbocycles. The third kappa shape index (κ3) is 3.28. The second-order valence-electron chi connectivity index (χ2n) is 4.00. The fourth-order valence-electron chi connectivity index (χ4n) is 1.71. The fraction of sp³-hybridized carbons (Fsp3) is 0.214. The maximum atomic E-state index is 13.3. The van der Waals surface area contributed by atoms with Crippen LogP contribution in [0.25, 0.3) is 0 Å². The standard InChI is InChI=1S/C14H15FN2/c1-11-4-2-5-12(10-11)7-9-17-14-13(15)6-3-8-16-14/h2-6,8,10H,7,9H2,1H3,(H,16,17). The summed E-state index contributed by atoms with van der Waals surface area (Å²) in [5.74, 6) is 0.0110. The molecule has 0 saturated heterocycles. The lowest BCUT2D eigenvalue weighted by molar-refractivity contribution is 0.624. The van der Waals surface area contributed by atoms with Crippen LogP contribution in [0.5, 0.6) is 0 Å². The summed E-state index contributed by atoms with van der Waals surface area (Å²) in [7, 11) is 0. The van der Waals surface area contributed by atoms with Crippen LogP contribution in [0.3, 0.4) is 0 Å². The zero-order chi connectivity index (χ0) is 12.1. The molecule has 0 aliphatic rings. The van der Waals surface area contributed by atoms with Gasteiger partial charge in [-0.05, 0) is 31.0 Å². The van der Waals surface area contributed by atoms with Crippen molar-refractivity contribution in [2.45, 2.75) is 13.3 Å². The Labute approximate surface area is 101 Å². The molecular weight excluding hydrogens is 215 g/mol. The van der Waals surface area contributed by atoms with E-state index in [9.17, 15) is 4.39 Å². The average Bonchev–Trinajstić information content (AvgIpc) is 2.32. The van der Waals surface area contributed by atoms with Gasteiger partial charge < -0.3 is 5.32 Å². The highest BCUT2D eigenvalue weighted by molar-refractivity contribution is 5.35. The van der Waals surface area contributed by atoms with E-state index < -0.39 is 0 Å². The van der Waals surface area contributed by atoms with Crippen LogP contribution in [0.15, 0.2) is 42.6 Å². The summed E-state index contributed by atoms with van der Waals surface area (Å²) in [6.07, 6.45) is 2.44. The number of hydrogen-bond donors (Lipinski definition) is 1. The van der Waals surface area contributed by atoms with E-state index in [0.717, 1.165) is 6.42 Å². The van der Waals surface area contributed by atoms with Crippen molar-refractivity contribution in [2.24, 2.45) is 0 Å². The van der Waals surface area contributed by atoms with Crippen molar-refractivity contribution in [3.63, 3.8) is 0 Å². The van der Waals surface area contributed by atoms with Crippen LogP contribution in [0, 0.1) is 12.7 Å². The van der Waals surface area contributed by atoms with Crippen molar-refractivity contribution in [1.29, 1.82) is 0 Å². The van der Waals surface area contributed by atoms with Crippen molar-refractivity contribution in [2.75, 3.05) is 11.9 Å². The Kier molecular flexibility index (Phi) is 3.70. The van der Waals surface area contributed by atoms with E-state index in [0.29, 0.717) is 12.4 Å². The molecule has 2 aromatic rings.